The van der Waals surface area contributed by atoms with Gasteiger partial charge in [0.15, 0.2) is 0 Å². The van der Waals surface area contributed by atoms with E-state index >= 15 is 0 Å². The standard InChI is InChI=1S/C17H24N2O4S/c1-4-22-13-7-10-24-14(13)15(20)18-8-5-12(6-9-18)19-16(21)23-11-17(19,2)3/h7,10,12H,4-6,8-9,11H2,1-3H3. The second-order valence-electron chi connectivity index (χ2n) is 6.81. The van der Waals surface area contributed by atoms with Gasteiger partial charge >= 0.3 is 6.09 Å². The fourth-order valence-corrected chi connectivity index (χ4v) is 4.26. The smallest absolute Gasteiger partial charge is 0.410 e. The number of amides is 2. The van der Waals surface area contributed by atoms with E-state index in [4.69, 9.17) is 9.47 Å². The summed E-state index contributed by atoms with van der Waals surface area (Å²) < 4.78 is 10.7. The van der Waals surface area contributed by atoms with E-state index in [1.54, 1.807) is 0 Å². The van der Waals surface area contributed by atoms with Crippen LogP contribution in [0, 0.1) is 0 Å². The first kappa shape index (κ1) is 17.1. The van der Waals surface area contributed by atoms with Crippen molar-refractivity contribution in [1.82, 2.24) is 9.80 Å². The van der Waals surface area contributed by atoms with E-state index in [9.17, 15) is 9.59 Å². The van der Waals surface area contributed by atoms with Crippen LogP contribution in [0.2, 0.25) is 0 Å². The first-order chi connectivity index (χ1) is 11.4. The number of rotatable bonds is 4. The first-order valence-electron chi connectivity index (χ1n) is 8.39. The van der Waals surface area contributed by atoms with Crippen molar-refractivity contribution in [2.24, 2.45) is 0 Å². The van der Waals surface area contributed by atoms with Gasteiger partial charge in [-0.05, 0) is 45.1 Å². The third kappa shape index (κ3) is 3.09. The van der Waals surface area contributed by atoms with E-state index in [1.165, 1.54) is 11.3 Å². The van der Waals surface area contributed by atoms with Crippen molar-refractivity contribution in [3.05, 3.63) is 16.3 Å². The van der Waals surface area contributed by atoms with E-state index in [1.807, 2.05) is 42.0 Å². The zero-order chi connectivity index (χ0) is 17.3. The lowest BCUT2D eigenvalue weighted by molar-refractivity contribution is 0.0590. The molecule has 1 aromatic heterocycles. The molecule has 2 aliphatic heterocycles. The van der Waals surface area contributed by atoms with Gasteiger partial charge in [-0.25, -0.2) is 4.79 Å². The second kappa shape index (κ2) is 6.63. The van der Waals surface area contributed by atoms with Gasteiger partial charge in [-0.15, -0.1) is 11.3 Å². The van der Waals surface area contributed by atoms with E-state index in [0.29, 0.717) is 36.9 Å². The lowest BCUT2D eigenvalue weighted by atomic mass is 9.97. The summed E-state index contributed by atoms with van der Waals surface area (Å²) in [7, 11) is 0. The predicted octanol–water partition coefficient (Wildman–Crippen LogP) is 2.98. The molecule has 3 rings (SSSR count). The van der Waals surface area contributed by atoms with Gasteiger partial charge in [-0.3, -0.25) is 9.69 Å². The van der Waals surface area contributed by atoms with Crippen LogP contribution >= 0.6 is 11.3 Å². The molecule has 0 aromatic carbocycles. The Hall–Kier alpha value is -1.76. The Morgan fingerprint density at radius 2 is 2.12 bits per heavy atom. The molecule has 0 aliphatic carbocycles. The molecule has 2 fully saturated rings. The van der Waals surface area contributed by atoms with Crippen molar-refractivity contribution < 1.29 is 19.1 Å². The fourth-order valence-electron chi connectivity index (χ4n) is 3.46. The van der Waals surface area contributed by atoms with Crippen LogP contribution in [0.3, 0.4) is 0 Å². The Bertz CT molecular complexity index is 620. The van der Waals surface area contributed by atoms with Gasteiger partial charge in [-0.1, -0.05) is 0 Å². The Labute approximate surface area is 146 Å². The average molecular weight is 352 g/mol. The molecule has 0 radical (unpaired) electrons. The molecule has 0 unspecified atom stereocenters. The van der Waals surface area contributed by atoms with E-state index < -0.39 is 0 Å². The van der Waals surface area contributed by atoms with Crippen molar-refractivity contribution in [2.45, 2.75) is 45.2 Å². The molecular formula is C17H24N2O4S. The van der Waals surface area contributed by atoms with Crippen molar-refractivity contribution in [3.8, 4) is 5.75 Å². The summed E-state index contributed by atoms with van der Waals surface area (Å²) in [5.74, 6) is 0.689. The average Bonchev–Trinajstić information content (AvgIpc) is 3.12. The summed E-state index contributed by atoms with van der Waals surface area (Å²) in [6, 6.07) is 1.98. The molecule has 2 amide bonds. The molecule has 6 nitrogen and oxygen atoms in total. The van der Waals surface area contributed by atoms with Gasteiger partial charge in [0.25, 0.3) is 5.91 Å². The van der Waals surface area contributed by atoms with Gasteiger partial charge in [0.05, 0.1) is 12.1 Å². The molecular weight excluding hydrogens is 328 g/mol. The van der Waals surface area contributed by atoms with Crippen molar-refractivity contribution in [2.75, 3.05) is 26.3 Å². The molecule has 24 heavy (non-hydrogen) atoms. The lowest BCUT2D eigenvalue weighted by Crippen LogP contribution is -2.53. The molecule has 2 aliphatic rings. The highest BCUT2D eigenvalue weighted by Crippen LogP contribution is 2.32. The lowest BCUT2D eigenvalue weighted by Gasteiger charge is -2.40. The zero-order valence-corrected chi connectivity index (χ0v) is 15.2. The largest absolute Gasteiger partial charge is 0.492 e. The molecule has 3 heterocycles. The number of carbonyl (C=O) groups excluding carboxylic acids is 2. The number of carbonyl (C=O) groups is 2. The highest BCUT2D eigenvalue weighted by atomic mass is 32.1. The SMILES string of the molecule is CCOc1ccsc1C(=O)N1CCC(N2C(=O)OCC2(C)C)CC1. The molecule has 0 N–H and O–H groups in total. The van der Waals surface area contributed by atoms with Gasteiger partial charge in [0.1, 0.15) is 17.2 Å². The minimum absolute atomic E-state index is 0.0233. The first-order valence-corrected chi connectivity index (χ1v) is 9.27. The van der Waals surface area contributed by atoms with E-state index in [-0.39, 0.29) is 23.6 Å². The van der Waals surface area contributed by atoms with Crippen LogP contribution < -0.4 is 4.74 Å². The Morgan fingerprint density at radius 3 is 2.71 bits per heavy atom. The Balaban J connectivity index is 1.64. The molecule has 0 saturated carbocycles. The normalized spacial score (nSPS) is 21.0. The molecule has 0 atom stereocenters. The third-order valence-electron chi connectivity index (χ3n) is 4.64. The van der Waals surface area contributed by atoms with Crippen LogP contribution in [0.25, 0.3) is 0 Å². The summed E-state index contributed by atoms with van der Waals surface area (Å²) in [6.07, 6.45) is 1.32. The van der Waals surface area contributed by atoms with Crippen LogP contribution in [-0.4, -0.2) is 59.7 Å². The molecule has 7 heteroatoms. The van der Waals surface area contributed by atoms with E-state index in [2.05, 4.69) is 0 Å². The molecule has 132 valence electrons. The highest BCUT2D eigenvalue weighted by molar-refractivity contribution is 7.12. The quantitative estimate of drug-likeness (QED) is 0.836. The van der Waals surface area contributed by atoms with Crippen LogP contribution in [-0.2, 0) is 4.74 Å². The maximum absolute atomic E-state index is 12.7. The number of piperidine rings is 1. The summed E-state index contributed by atoms with van der Waals surface area (Å²) in [5.41, 5.74) is -0.274. The number of ether oxygens (including phenoxy) is 2. The summed E-state index contributed by atoms with van der Waals surface area (Å²) in [4.78, 5) is 29.1. The minimum Gasteiger partial charge on any atom is -0.492 e. The third-order valence-corrected chi connectivity index (χ3v) is 5.52. The zero-order valence-electron chi connectivity index (χ0n) is 14.4. The molecule has 1 aromatic rings. The number of nitrogens with zero attached hydrogens (tertiary/aromatic N) is 2. The summed E-state index contributed by atoms with van der Waals surface area (Å²) in [5, 5.41) is 1.88. The maximum atomic E-state index is 12.7. The number of cyclic esters (lactones) is 1. The predicted molar refractivity (Wildman–Crippen MR) is 91.7 cm³/mol. The van der Waals surface area contributed by atoms with E-state index in [0.717, 1.165) is 12.8 Å². The molecule has 2 saturated heterocycles. The van der Waals surface area contributed by atoms with Crippen LogP contribution in [0.4, 0.5) is 4.79 Å². The summed E-state index contributed by atoms with van der Waals surface area (Å²) in [6.45, 7) is 8.22. The van der Waals surface area contributed by atoms with Crippen molar-refractivity contribution >= 4 is 23.3 Å². The number of thiophene rings is 1. The fraction of sp³-hybridized carbons (Fsp3) is 0.647. The monoisotopic (exact) mass is 352 g/mol. The van der Waals surface area contributed by atoms with Gasteiger partial charge < -0.3 is 14.4 Å². The summed E-state index contributed by atoms with van der Waals surface area (Å²) >= 11 is 1.42. The van der Waals surface area contributed by atoms with Gasteiger partial charge in [-0.2, -0.15) is 0 Å². The minimum atomic E-state index is -0.274. The van der Waals surface area contributed by atoms with Crippen molar-refractivity contribution in [3.63, 3.8) is 0 Å². The van der Waals surface area contributed by atoms with Crippen molar-refractivity contribution in [1.29, 1.82) is 0 Å². The number of likely N-dealkylation sites (tertiary alicyclic amines) is 1. The van der Waals surface area contributed by atoms with Crippen LogP contribution in [0.1, 0.15) is 43.3 Å². The van der Waals surface area contributed by atoms with Crippen LogP contribution in [0.15, 0.2) is 11.4 Å². The second-order valence-corrected chi connectivity index (χ2v) is 7.72. The highest BCUT2D eigenvalue weighted by Gasteiger charge is 2.45. The Kier molecular flexibility index (Phi) is 4.71. The Morgan fingerprint density at radius 1 is 1.42 bits per heavy atom. The van der Waals surface area contributed by atoms with Gasteiger partial charge in [0.2, 0.25) is 0 Å². The maximum Gasteiger partial charge on any atom is 0.410 e. The number of hydrogen-bond donors (Lipinski definition) is 0. The van der Waals surface area contributed by atoms with Crippen LogP contribution in [0.5, 0.6) is 5.75 Å². The molecule has 0 bridgehead atoms. The number of hydrogen-bond acceptors (Lipinski definition) is 5. The van der Waals surface area contributed by atoms with Gasteiger partial charge in [0, 0.05) is 19.1 Å². The topological polar surface area (TPSA) is 59.1 Å². The molecule has 0 spiro atoms.